The molecule has 51 heavy (non-hydrogen) atoms. The normalized spacial score (nSPS) is 16.3. The standard InChI is InChI=1S/C36H27BN6.C7H8.Rh/c1-22-28-19-16-27-12-6-9-15-33(27)36(28)43(38-22)37(41-23(2)29-20-17-25-10-4-7-13-31(25)34(29)39-41)42-24(3)30-21-18-26-11-5-8-14-32(26)35(30)40-42;1-2-7-4-3-6(1)5-7;/h4-21H,1-3H3;1-4,6-7H,5H2;/q-1;;. The van der Waals surface area contributed by atoms with Crippen LogP contribution in [0.3, 0.4) is 0 Å². The Hall–Kier alpha value is -5.32. The van der Waals surface area contributed by atoms with Crippen LogP contribution >= 0.6 is 0 Å². The van der Waals surface area contributed by atoms with Crippen molar-refractivity contribution in [2.75, 3.05) is 0 Å². The number of hydrogen-bond acceptors (Lipinski definition) is 3. The summed E-state index contributed by atoms with van der Waals surface area (Å²) in [6, 6.07) is 38.6. The molecule has 3 heterocycles. The predicted molar refractivity (Wildman–Crippen MR) is 208 cm³/mol. The van der Waals surface area contributed by atoms with Crippen LogP contribution in [0.4, 0.5) is 0 Å². The van der Waals surface area contributed by atoms with Crippen LogP contribution < -0.4 is 0 Å². The molecule has 9 aromatic rings. The molecule has 0 saturated carbocycles. The van der Waals surface area contributed by atoms with Crippen LogP contribution in [-0.4, -0.2) is 36.2 Å². The van der Waals surface area contributed by atoms with E-state index in [1.54, 1.807) is 0 Å². The number of allylic oxidation sites excluding steroid dienone is 4. The van der Waals surface area contributed by atoms with Crippen molar-refractivity contribution < 1.29 is 19.5 Å². The van der Waals surface area contributed by atoms with Gasteiger partial charge in [0.15, 0.2) is 0 Å². The van der Waals surface area contributed by atoms with Gasteiger partial charge in [0.05, 0.1) is 16.7 Å². The summed E-state index contributed by atoms with van der Waals surface area (Å²) in [5.74, 6) is 1.62. The smallest absolute Gasteiger partial charge is 0.262 e. The van der Waals surface area contributed by atoms with Crippen molar-refractivity contribution in [3.05, 3.63) is 151 Å². The van der Waals surface area contributed by atoms with Crippen LogP contribution in [0.25, 0.3) is 65.0 Å². The molecular weight excluding hydrogens is 714 g/mol. The fraction of sp³-hybridized carbons (Fsp3) is 0.140. The van der Waals surface area contributed by atoms with Gasteiger partial charge in [-0.1, -0.05) is 133 Å². The van der Waals surface area contributed by atoms with Crippen LogP contribution in [-0.2, 0) is 19.5 Å². The molecule has 0 aliphatic heterocycles. The Labute approximate surface area is 308 Å². The maximum absolute atomic E-state index is 5.36. The number of benzene rings is 6. The van der Waals surface area contributed by atoms with Crippen molar-refractivity contribution in [3.8, 4) is 0 Å². The molecule has 11 rings (SSSR count). The van der Waals surface area contributed by atoms with Gasteiger partial charge < -0.3 is 13.8 Å². The average Bonchev–Trinajstić information content (AvgIpc) is 4.00. The third-order valence-corrected chi connectivity index (χ3v) is 10.9. The molecule has 0 unspecified atom stereocenters. The second kappa shape index (κ2) is 12.2. The molecule has 2 radical (unpaired) electrons. The number of aryl methyl sites for hydroxylation is 3. The Morgan fingerprint density at radius 2 is 0.902 bits per heavy atom. The topological polar surface area (TPSA) is 53.5 Å². The van der Waals surface area contributed by atoms with Crippen LogP contribution in [0.5, 0.6) is 0 Å². The van der Waals surface area contributed by atoms with Crippen molar-refractivity contribution in [1.82, 2.24) is 29.1 Å². The van der Waals surface area contributed by atoms with Crippen LogP contribution in [0.2, 0.25) is 0 Å². The zero-order valence-electron chi connectivity index (χ0n) is 28.7. The molecule has 0 fully saturated rings. The molecule has 0 amide bonds. The van der Waals surface area contributed by atoms with Crippen molar-refractivity contribution in [2.45, 2.75) is 27.2 Å². The van der Waals surface area contributed by atoms with E-state index in [1.807, 2.05) is 0 Å². The molecule has 0 N–H and O–H groups in total. The summed E-state index contributed by atoms with van der Waals surface area (Å²) in [4.78, 5) is 0. The van der Waals surface area contributed by atoms with Crippen molar-refractivity contribution in [3.63, 3.8) is 0 Å². The van der Waals surface area contributed by atoms with Crippen molar-refractivity contribution >= 4 is 72.1 Å². The van der Waals surface area contributed by atoms with Gasteiger partial charge >= 0.3 is 0 Å². The molecule has 0 saturated heterocycles. The van der Waals surface area contributed by atoms with E-state index in [4.69, 9.17) is 15.3 Å². The second-order valence-electron chi connectivity index (χ2n) is 13.8. The van der Waals surface area contributed by atoms with Gasteiger partial charge in [0.25, 0.3) is 7.12 Å². The predicted octanol–water partition coefficient (Wildman–Crippen LogP) is 9.80. The first-order valence-corrected chi connectivity index (χ1v) is 17.5. The summed E-state index contributed by atoms with van der Waals surface area (Å²) in [5.41, 5.74) is 6.16. The van der Waals surface area contributed by atoms with Crippen LogP contribution in [0.15, 0.2) is 133 Å². The summed E-state index contributed by atoms with van der Waals surface area (Å²) >= 11 is 0. The first kappa shape index (κ1) is 31.6. The van der Waals surface area contributed by atoms with Gasteiger partial charge in [-0.15, -0.1) is 0 Å². The van der Waals surface area contributed by atoms with E-state index in [2.05, 4.69) is 168 Å². The van der Waals surface area contributed by atoms with Gasteiger partial charge in [0.2, 0.25) is 0 Å². The molecule has 0 atom stereocenters. The Balaban J connectivity index is 0.000000387. The van der Waals surface area contributed by atoms with Crippen molar-refractivity contribution in [1.29, 1.82) is 0 Å². The molecule has 3 aromatic heterocycles. The minimum atomic E-state index is -0.473. The SMILES string of the molecule is C1=CC2C=CC1C2.Cc1nn([B-](n2nc3c(ccc4ccccc43)c2C)n2nc3c(ccc4ccccc43)c2C)c2c1ccc1ccccc12.[Rh]. The first-order chi connectivity index (χ1) is 24.5. The maximum atomic E-state index is 5.36. The van der Waals surface area contributed by atoms with Gasteiger partial charge in [-0.25, -0.2) is 15.3 Å². The number of aromatic nitrogens is 6. The Bertz CT molecular complexity index is 2730. The summed E-state index contributed by atoms with van der Waals surface area (Å²) in [5, 5.41) is 26.3. The Morgan fingerprint density at radius 1 is 0.471 bits per heavy atom. The summed E-state index contributed by atoms with van der Waals surface area (Å²) in [6.45, 7) is 6.40. The number of fused-ring (bicyclic) bond motifs is 11. The molecule has 8 heteroatoms. The van der Waals surface area contributed by atoms with E-state index < -0.39 is 7.12 Å². The molecule has 2 aliphatic carbocycles. The third-order valence-electron chi connectivity index (χ3n) is 10.9. The largest absolute Gasteiger partial charge is 0.421 e. The molecule has 250 valence electrons. The quantitative estimate of drug-likeness (QED) is 0.134. The number of nitrogens with zero attached hydrogens (tertiary/aromatic N) is 6. The van der Waals surface area contributed by atoms with E-state index in [0.717, 1.165) is 77.8 Å². The van der Waals surface area contributed by atoms with E-state index in [0.29, 0.717) is 0 Å². The minimum Gasteiger partial charge on any atom is -0.421 e. The van der Waals surface area contributed by atoms with E-state index in [1.165, 1.54) is 22.6 Å². The summed E-state index contributed by atoms with van der Waals surface area (Å²) < 4.78 is 6.37. The molecule has 0 spiro atoms. The minimum absolute atomic E-state index is 0. The maximum Gasteiger partial charge on any atom is 0.262 e. The Kier molecular flexibility index (Phi) is 7.55. The summed E-state index contributed by atoms with van der Waals surface area (Å²) in [6.07, 6.45) is 10.5. The zero-order valence-corrected chi connectivity index (χ0v) is 30.3. The fourth-order valence-electron chi connectivity index (χ4n) is 8.24. The van der Waals surface area contributed by atoms with Gasteiger partial charge in [-0.05, 0) is 55.2 Å². The van der Waals surface area contributed by atoms with E-state index in [-0.39, 0.29) is 19.5 Å². The van der Waals surface area contributed by atoms with Crippen LogP contribution in [0, 0.1) is 32.6 Å². The average molecular weight is 750 g/mol. The van der Waals surface area contributed by atoms with Gasteiger partial charge in [-0.2, -0.15) is 0 Å². The molecule has 6 nitrogen and oxygen atoms in total. The zero-order chi connectivity index (χ0) is 33.5. The second-order valence-corrected chi connectivity index (χ2v) is 13.8. The van der Waals surface area contributed by atoms with Gasteiger partial charge in [0.1, 0.15) is 0 Å². The van der Waals surface area contributed by atoms with E-state index >= 15 is 0 Å². The monoisotopic (exact) mass is 749 g/mol. The van der Waals surface area contributed by atoms with Crippen molar-refractivity contribution in [2.24, 2.45) is 11.8 Å². The van der Waals surface area contributed by atoms with Crippen LogP contribution in [0.1, 0.15) is 23.5 Å². The number of rotatable bonds is 3. The molecular formula is C43H35BN6Rh-. The fourth-order valence-corrected chi connectivity index (χ4v) is 8.24. The van der Waals surface area contributed by atoms with Gasteiger partial charge in [0, 0.05) is 68.7 Å². The number of hydrogen-bond donors (Lipinski definition) is 0. The van der Waals surface area contributed by atoms with Gasteiger partial charge in [-0.3, -0.25) is 0 Å². The first-order valence-electron chi connectivity index (χ1n) is 17.5. The third kappa shape index (κ3) is 4.91. The molecule has 2 aliphatic rings. The summed E-state index contributed by atoms with van der Waals surface area (Å²) in [7, 11) is -0.473. The molecule has 6 aromatic carbocycles. The molecule has 2 bridgehead atoms. The van der Waals surface area contributed by atoms with E-state index in [9.17, 15) is 0 Å². The Morgan fingerprint density at radius 3 is 1.37 bits per heavy atom.